The molecular formula is C17H28F3IN4O3S. The van der Waals surface area contributed by atoms with Crippen molar-refractivity contribution in [1.29, 1.82) is 0 Å². The lowest BCUT2D eigenvalue weighted by atomic mass is 10.2. The number of nitrogens with one attached hydrogen (secondary N) is 2. The van der Waals surface area contributed by atoms with Crippen molar-refractivity contribution in [3.63, 3.8) is 0 Å². The minimum atomic E-state index is -4.37. The Hall–Kier alpha value is -1.28. The lowest BCUT2D eigenvalue weighted by molar-refractivity contribution is -0.153. The van der Waals surface area contributed by atoms with Crippen molar-refractivity contribution in [3.8, 4) is 5.75 Å². The maximum atomic E-state index is 12.1. The van der Waals surface area contributed by atoms with E-state index in [0.717, 1.165) is 5.56 Å². The van der Waals surface area contributed by atoms with Crippen molar-refractivity contribution in [3.05, 3.63) is 29.8 Å². The van der Waals surface area contributed by atoms with E-state index >= 15 is 0 Å². The van der Waals surface area contributed by atoms with E-state index in [4.69, 9.17) is 0 Å². The van der Waals surface area contributed by atoms with Gasteiger partial charge in [-0.25, -0.2) is 12.7 Å². The minimum Gasteiger partial charge on any atom is -0.484 e. The summed E-state index contributed by atoms with van der Waals surface area (Å²) >= 11 is 0. The third-order valence-electron chi connectivity index (χ3n) is 3.71. The molecule has 168 valence electrons. The topological polar surface area (TPSA) is 83.0 Å². The van der Waals surface area contributed by atoms with Gasteiger partial charge in [-0.3, -0.25) is 4.99 Å². The Morgan fingerprint density at radius 3 is 2.31 bits per heavy atom. The summed E-state index contributed by atoms with van der Waals surface area (Å²) in [6.45, 7) is 2.26. The second-order valence-electron chi connectivity index (χ2n) is 6.01. The van der Waals surface area contributed by atoms with Crippen LogP contribution in [0.25, 0.3) is 0 Å². The summed E-state index contributed by atoms with van der Waals surface area (Å²) in [4.78, 5) is 4.08. The first kappa shape index (κ1) is 27.7. The van der Waals surface area contributed by atoms with Gasteiger partial charge in [0.15, 0.2) is 12.6 Å². The molecule has 0 unspecified atom stereocenters. The number of guanidine groups is 1. The van der Waals surface area contributed by atoms with Crippen LogP contribution in [-0.4, -0.2) is 64.4 Å². The number of rotatable bonds is 10. The number of halogens is 4. The van der Waals surface area contributed by atoms with Crippen molar-refractivity contribution in [1.82, 2.24) is 14.9 Å². The highest BCUT2D eigenvalue weighted by Crippen LogP contribution is 2.18. The molecule has 1 aromatic carbocycles. The predicted molar refractivity (Wildman–Crippen MR) is 118 cm³/mol. The second kappa shape index (κ2) is 13.1. The minimum absolute atomic E-state index is 0. The number of alkyl halides is 3. The average molecular weight is 552 g/mol. The number of benzene rings is 1. The fourth-order valence-corrected chi connectivity index (χ4v) is 3.23. The molecule has 0 saturated carbocycles. The fourth-order valence-electron chi connectivity index (χ4n) is 2.30. The summed E-state index contributed by atoms with van der Waals surface area (Å²) in [5.41, 5.74) is 0.844. The van der Waals surface area contributed by atoms with E-state index in [2.05, 4.69) is 20.4 Å². The SMILES string of the molecule is CCN(CCCNC(=NC)NCc1ccc(OCC(F)(F)F)cc1)S(C)(=O)=O.I. The van der Waals surface area contributed by atoms with Crippen LogP contribution >= 0.6 is 24.0 Å². The molecule has 0 atom stereocenters. The highest BCUT2D eigenvalue weighted by Gasteiger charge is 2.28. The van der Waals surface area contributed by atoms with Gasteiger partial charge in [-0.2, -0.15) is 13.2 Å². The quantitative estimate of drug-likeness (QED) is 0.202. The number of nitrogens with zero attached hydrogens (tertiary/aromatic N) is 2. The Kier molecular flexibility index (Phi) is 12.5. The van der Waals surface area contributed by atoms with E-state index in [0.29, 0.717) is 38.6 Å². The maximum absolute atomic E-state index is 12.1. The van der Waals surface area contributed by atoms with Crippen LogP contribution in [0.4, 0.5) is 13.2 Å². The van der Waals surface area contributed by atoms with E-state index in [1.165, 1.54) is 22.7 Å². The van der Waals surface area contributed by atoms with E-state index in [-0.39, 0.29) is 29.7 Å². The van der Waals surface area contributed by atoms with Gasteiger partial charge in [-0.1, -0.05) is 19.1 Å². The molecular weight excluding hydrogens is 524 g/mol. The lowest BCUT2D eigenvalue weighted by Gasteiger charge is -2.18. The van der Waals surface area contributed by atoms with Crippen LogP contribution in [-0.2, 0) is 16.6 Å². The van der Waals surface area contributed by atoms with Crippen molar-refractivity contribution in [2.75, 3.05) is 39.5 Å². The summed E-state index contributed by atoms with van der Waals surface area (Å²) < 4.78 is 65.5. The molecule has 0 bridgehead atoms. The first-order valence-electron chi connectivity index (χ1n) is 8.73. The molecule has 0 heterocycles. The monoisotopic (exact) mass is 552 g/mol. The molecule has 0 saturated heterocycles. The first-order chi connectivity index (χ1) is 13.0. The number of sulfonamides is 1. The van der Waals surface area contributed by atoms with Gasteiger partial charge in [0.25, 0.3) is 0 Å². The zero-order valence-corrected chi connectivity index (χ0v) is 19.8. The molecule has 29 heavy (non-hydrogen) atoms. The number of aliphatic imine (C=N–C) groups is 1. The molecule has 2 N–H and O–H groups in total. The van der Waals surface area contributed by atoms with Crippen LogP contribution in [0.15, 0.2) is 29.3 Å². The van der Waals surface area contributed by atoms with Crippen LogP contribution in [0.3, 0.4) is 0 Å². The molecule has 0 fully saturated rings. The van der Waals surface area contributed by atoms with Crippen LogP contribution in [0.1, 0.15) is 18.9 Å². The summed E-state index contributed by atoms with van der Waals surface area (Å²) in [6, 6.07) is 6.28. The highest BCUT2D eigenvalue weighted by atomic mass is 127. The molecule has 0 amide bonds. The van der Waals surface area contributed by atoms with Gasteiger partial charge >= 0.3 is 6.18 Å². The Balaban J connectivity index is 0.00000784. The van der Waals surface area contributed by atoms with Gasteiger partial charge < -0.3 is 15.4 Å². The third-order valence-corrected chi connectivity index (χ3v) is 5.09. The molecule has 0 spiro atoms. The van der Waals surface area contributed by atoms with Gasteiger partial charge in [0.2, 0.25) is 10.0 Å². The van der Waals surface area contributed by atoms with Crippen LogP contribution in [0, 0.1) is 0 Å². The Morgan fingerprint density at radius 2 is 1.83 bits per heavy atom. The van der Waals surface area contributed by atoms with Gasteiger partial charge in [0.05, 0.1) is 6.26 Å². The molecule has 0 radical (unpaired) electrons. The summed E-state index contributed by atoms with van der Waals surface area (Å²) in [5.74, 6) is 0.690. The highest BCUT2D eigenvalue weighted by molar-refractivity contribution is 14.0. The molecule has 0 aliphatic carbocycles. The zero-order valence-electron chi connectivity index (χ0n) is 16.6. The average Bonchev–Trinajstić information content (AvgIpc) is 2.61. The van der Waals surface area contributed by atoms with Crippen LogP contribution in [0.5, 0.6) is 5.75 Å². The van der Waals surface area contributed by atoms with E-state index < -0.39 is 22.8 Å². The first-order valence-corrected chi connectivity index (χ1v) is 10.6. The van der Waals surface area contributed by atoms with Crippen molar-refractivity contribution < 1.29 is 26.3 Å². The van der Waals surface area contributed by atoms with Gasteiger partial charge in [-0.15, -0.1) is 24.0 Å². The molecule has 0 aliphatic heterocycles. The number of hydrogen-bond donors (Lipinski definition) is 2. The molecule has 1 aromatic rings. The molecule has 0 aliphatic rings. The third kappa shape index (κ3) is 12.1. The largest absolute Gasteiger partial charge is 0.484 e. The smallest absolute Gasteiger partial charge is 0.422 e. The van der Waals surface area contributed by atoms with Crippen molar-refractivity contribution in [2.45, 2.75) is 26.1 Å². The standard InChI is InChI=1S/C17H27F3N4O3S.HI/c1-4-24(28(3,25)26)11-5-10-22-16(21-2)23-12-14-6-8-15(9-7-14)27-13-17(18,19)20;/h6-9H,4-5,10-13H2,1-3H3,(H2,21,22,23);1H. The number of ether oxygens (including phenoxy) is 1. The van der Waals surface area contributed by atoms with Crippen molar-refractivity contribution >= 4 is 40.0 Å². The van der Waals surface area contributed by atoms with E-state index in [9.17, 15) is 21.6 Å². The predicted octanol–water partition coefficient (Wildman–Crippen LogP) is 2.58. The summed E-state index contributed by atoms with van der Waals surface area (Å²) in [6.07, 6.45) is -2.56. The van der Waals surface area contributed by atoms with E-state index in [1.807, 2.05) is 0 Å². The molecule has 0 aromatic heterocycles. The summed E-state index contributed by atoms with van der Waals surface area (Å²) in [7, 11) is -1.59. The molecule has 7 nitrogen and oxygen atoms in total. The van der Waals surface area contributed by atoms with Crippen LogP contribution in [0.2, 0.25) is 0 Å². The Labute approximate surface area is 187 Å². The molecule has 1 rings (SSSR count). The number of hydrogen-bond acceptors (Lipinski definition) is 4. The van der Waals surface area contributed by atoms with Crippen LogP contribution < -0.4 is 15.4 Å². The second-order valence-corrected chi connectivity index (χ2v) is 7.99. The van der Waals surface area contributed by atoms with Gasteiger partial charge in [0.1, 0.15) is 5.75 Å². The zero-order chi connectivity index (χ0) is 21.2. The Bertz CT molecular complexity index is 728. The normalized spacial score (nSPS) is 12.4. The summed E-state index contributed by atoms with van der Waals surface area (Å²) in [5, 5.41) is 6.17. The maximum Gasteiger partial charge on any atom is 0.422 e. The van der Waals surface area contributed by atoms with Gasteiger partial charge in [0, 0.05) is 33.2 Å². The van der Waals surface area contributed by atoms with Gasteiger partial charge in [-0.05, 0) is 24.1 Å². The van der Waals surface area contributed by atoms with Crippen molar-refractivity contribution in [2.24, 2.45) is 4.99 Å². The lowest BCUT2D eigenvalue weighted by Crippen LogP contribution is -2.39. The fraction of sp³-hybridized carbons (Fsp3) is 0.588. The Morgan fingerprint density at radius 1 is 1.21 bits per heavy atom. The molecule has 12 heteroatoms. The van der Waals surface area contributed by atoms with E-state index in [1.54, 1.807) is 26.1 Å².